The summed E-state index contributed by atoms with van der Waals surface area (Å²) in [5.74, 6) is -0.243. The maximum Gasteiger partial charge on any atom is 0.345 e. The Morgan fingerprint density at radius 1 is 1.15 bits per heavy atom. The Hall–Kier alpha value is -2.58. The Morgan fingerprint density at radius 2 is 1.91 bits per heavy atom. The van der Waals surface area contributed by atoms with Crippen molar-refractivity contribution in [1.82, 2.24) is 10.2 Å². The molecular weight excluding hydrogens is 493 g/mol. The normalized spacial score (nSPS) is 17.6. The molecule has 176 valence electrons. The number of fused-ring (bicyclic) bond motifs is 3. The molecule has 2 aliphatic heterocycles. The van der Waals surface area contributed by atoms with Crippen LogP contribution in [0.25, 0.3) is 0 Å². The fourth-order valence-electron chi connectivity index (χ4n) is 4.29. The van der Waals surface area contributed by atoms with E-state index in [0.29, 0.717) is 16.8 Å². The van der Waals surface area contributed by atoms with Crippen molar-refractivity contribution in [2.45, 2.75) is 39.0 Å². The first-order valence-electron chi connectivity index (χ1n) is 11.0. The largest absolute Gasteiger partial charge is 0.423 e. The molecule has 5 rings (SSSR count). The van der Waals surface area contributed by atoms with E-state index in [1.807, 2.05) is 12.1 Å². The predicted molar refractivity (Wildman–Crippen MR) is 135 cm³/mol. The van der Waals surface area contributed by atoms with E-state index in [2.05, 4.69) is 29.4 Å². The van der Waals surface area contributed by atoms with Gasteiger partial charge in [-0.2, -0.15) is 0 Å². The van der Waals surface area contributed by atoms with E-state index in [-0.39, 0.29) is 22.7 Å². The third kappa shape index (κ3) is 4.41. The Balaban J connectivity index is 1.30. The number of hydrogen-bond acceptors (Lipinski definition) is 6. The van der Waals surface area contributed by atoms with Crippen LogP contribution in [-0.4, -0.2) is 29.4 Å². The number of amides is 1. The zero-order valence-electron chi connectivity index (χ0n) is 18.7. The Kier molecular flexibility index (Phi) is 6.29. The zero-order valence-corrected chi connectivity index (χ0v) is 21.0. The van der Waals surface area contributed by atoms with Crippen molar-refractivity contribution in [3.63, 3.8) is 0 Å². The summed E-state index contributed by atoms with van der Waals surface area (Å²) >= 11 is 13.7. The number of benzene rings is 2. The molecule has 1 amide bonds. The SMILES string of the molecule is CC(C)N1CCc2c(sc3c2C(=O)N[C@H](c2ccc(OC(=O)c4ccc(Cl)cc4Cl)cc2)N3)C1. The molecule has 0 fully saturated rings. The van der Waals surface area contributed by atoms with Crippen LogP contribution in [0.4, 0.5) is 5.00 Å². The first-order chi connectivity index (χ1) is 16.3. The van der Waals surface area contributed by atoms with E-state index in [4.69, 9.17) is 27.9 Å². The van der Waals surface area contributed by atoms with Gasteiger partial charge in [-0.1, -0.05) is 35.3 Å². The van der Waals surface area contributed by atoms with Crippen molar-refractivity contribution in [1.29, 1.82) is 0 Å². The lowest BCUT2D eigenvalue weighted by Crippen LogP contribution is -2.39. The van der Waals surface area contributed by atoms with Gasteiger partial charge in [-0.3, -0.25) is 9.69 Å². The van der Waals surface area contributed by atoms with Crippen LogP contribution in [-0.2, 0) is 13.0 Å². The Bertz CT molecular complexity index is 1270. The second-order valence-electron chi connectivity index (χ2n) is 8.66. The van der Waals surface area contributed by atoms with E-state index >= 15 is 0 Å². The minimum absolute atomic E-state index is 0.0536. The van der Waals surface area contributed by atoms with Gasteiger partial charge in [-0.05, 0) is 61.7 Å². The Labute approximate surface area is 211 Å². The highest BCUT2D eigenvalue weighted by atomic mass is 35.5. The molecule has 0 saturated carbocycles. The lowest BCUT2D eigenvalue weighted by Gasteiger charge is -2.31. The summed E-state index contributed by atoms with van der Waals surface area (Å²) in [4.78, 5) is 29.1. The quantitative estimate of drug-likeness (QED) is 0.334. The molecule has 2 aromatic carbocycles. The Morgan fingerprint density at radius 3 is 2.62 bits per heavy atom. The highest BCUT2D eigenvalue weighted by Crippen LogP contribution is 2.41. The van der Waals surface area contributed by atoms with Crippen LogP contribution in [0.1, 0.15) is 56.7 Å². The van der Waals surface area contributed by atoms with Crippen LogP contribution in [0, 0.1) is 0 Å². The van der Waals surface area contributed by atoms with E-state index in [0.717, 1.165) is 35.6 Å². The fourth-order valence-corrected chi connectivity index (χ4v) is 6.07. The van der Waals surface area contributed by atoms with Crippen LogP contribution in [0.5, 0.6) is 5.75 Å². The smallest absolute Gasteiger partial charge is 0.345 e. The minimum Gasteiger partial charge on any atom is -0.423 e. The molecule has 2 aliphatic rings. The van der Waals surface area contributed by atoms with Crippen molar-refractivity contribution in [2.24, 2.45) is 0 Å². The van der Waals surface area contributed by atoms with Gasteiger partial charge in [0.05, 0.1) is 16.1 Å². The first kappa shape index (κ1) is 23.2. The molecule has 3 aromatic rings. The second kappa shape index (κ2) is 9.23. The number of hydrogen-bond donors (Lipinski definition) is 2. The van der Waals surface area contributed by atoms with Crippen molar-refractivity contribution in [2.75, 3.05) is 11.9 Å². The highest BCUT2D eigenvalue weighted by molar-refractivity contribution is 7.16. The number of anilines is 1. The zero-order chi connectivity index (χ0) is 24.0. The number of esters is 1. The average Bonchev–Trinajstić information content (AvgIpc) is 3.17. The van der Waals surface area contributed by atoms with Crippen LogP contribution in [0.2, 0.25) is 10.0 Å². The van der Waals surface area contributed by atoms with Gasteiger partial charge < -0.3 is 15.4 Å². The molecule has 0 unspecified atom stereocenters. The second-order valence-corrected chi connectivity index (χ2v) is 10.6. The average molecular weight is 516 g/mol. The molecule has 0 bridgehead atoms. The van der Waals surface area contributed by atoms with Crippen molar-refractivity contribution >= 4 is 51.4 Å². The third-order valence-electron chi connectivity index (χ3n) is 6.17. The van der Waals surface area contributed by atoms with E-state index in [1.165, 1.54) is 22.6 Å². The number of ether oxygens (including phenoxy) is 1. The number of halogens is 2. The summed E-state index contributed by atoms with van der Waals surface area (Å²) in [5, 5.41) is 8.13. The number of rotatable bonds is 4. The lowest BCUT2D eigenvalue weighted by atomic mass is 9.99. The number of thiophene rings is 1. The highest BCUT2D eigenvalue weighted by Gasteiger charge is 2.33. The number of nitrogens with one attached hydrogen (secondary N) is 2. The maximum atomic E-state index is 13.0. The van der Waals surface area contributed by atoms with Gasteiger partial charge in [0.2, 0.25) is 0 Å². The van der Waals surface area contributed by atoms with Crippen LogP contribution in [0.15, 0.2) is 42.5 Å². The van der Waals surface area contributed by atoms with E-state index in [9.17, 15) is 9.59 Å². The topological polar surface area (TPSA) is 70.7 Å². The summed E-state index contributed by atoms with van der Waals surface area (Å²) in [5.41, 5.74) is 3.05. The standard InChI is InChI=1S/C25H23Cl2N3O3S/c1-13(2)30-10-9-18-20(12-30)34-24-21(18)23(31)28-22(29-24)14-3-6-16(7-4-14)33-25(32)17-8-5-15(26)11-19(17)27/h3-8,11,13,22,29H,9-10,12H2,1-2H3,(H,28,31)/t22-/m0/s1. The van der Waals surface area contributed by atoms with Crippen molar-refractivity contribution in [3.8, 4) is 5.75 Å². The lowest BCUT2D eigenvalue weighted by molar-refractivity contribution is 0.0734. The van der Waals surface area contributed by atoms with E-state index < -0.39 is 5.97 Å². The summed E-state index contributed by atoms with van der Waals surface area (Å²) in [6.45, 7) is 6.24. The summed E-state index contributed by atoms with van der Waals surface area (Å²) in [7, 11) is 0. The van der Waals surface area contributed by atoms with Gasteiger partial charge in [-0.15, -0.1) is 11.3 Å². The molecule has 3 heterocycles. The van der Waals surface area contributed by atoms with Gasteiger partial charge in [0.1, 0.15) is 16.9 Å². The summed E-state index contributed by atoms with van der Waals surface area (Å²) < 4.78 is 5.45. The molecule has 0 radical (unpaired) electrons. The molecule has 34 heavy (non-hydrogen) atoms. The summed E-state index contributed by atoms with van der Waals surface area (Å²) in [6.07, 6.45) is 0.522. The number of nitrogens with zero attached hydrogens (tertiary/aromatic N) is 1. The first-order valence-corrected chi connectivity index (χ1v) is 12.6. The van der Waals surface area contributed by atoms with Gasteiger partial charge in [-0.25, -0.2) is 4.79 Å². The van der Waals surface area contributed by atoms with Gasteiger partial charge in [0.15, 0.2) is 0 Å². The van der Waals surface area contributed by atoms with Crippen LogP contribution < -0.4 is 15.4 Å². The molecule has 0 aliphatic carbocycles. The van der Waals surface area contributed by atoms with Crippen LogP contribution >= 0.6 is 34.5 Å². The molecule has 9 heteroatoms. The third-order valence-corrected chi connectivity index (χ3v) is 7.87. The fraction of sp³-hybridized carbons (Fsp3) is 0.280. The summed E-state index contributed by atoms with van der Waals surface area (Å²) in [6, 6.07) is 12.1. The number of carbonyl (C=O) groups is 2. The predicted octanol–water partition coefficient (Wildman–Crippen LogP) is 5.89. The molecule has 2 N–H and O–H groups in total. The van der Waals surface area contributed by atoms with Gasteiger partial charge in [0, 0.05) is 29.0 Å². The maximum absolute atomic E-state index is 13.0. The van der Waals surface area contributed by atoms with E-state index in [1.54, 1.807) is 29.5 Å². The van der Waals surface area contributed by atoms with Gasteiger partial charge >= 0.3 is 5.97 Å². The van der Waals surface area contributed by atoms with Crippen LogP contribution in [0.3, 0.4) is 0 Å². The molecular formula is C25H23Cl2N3O3S. The molecule has 0 saturated heterocycles. The molecule has 1 atom stereocenters. The van der Waals surface area contributed by atoms with Crippen molar-refractivity contribution in [3.05, 3.63) is 79.6 Å². The minimum atomic E-state index is -0.567. The van der Waals surface area contributed by atoms with Crippen molar-refractivity contribution < 1.29 is 14.3 Å². The molecule has 6 nitrogen and oxygen atoms in total. The molecule has 1 aromatic heterocycles. The molecule has 0 spiro atoms. The number of carbonyl (C=O) groups excluding carboxylic acids is 2. The monoisotopic (exact) mass is 515 g/mol. The van der Waals surface area contributed by atoms with Gasteiger partial charge in [0.25, 0.3) is 5.91 Å².